The van der Waals surface area contributed by atoms with E-state index in [1.807, 2.05) is 0 Å². The lowest BCUT2D eigenvalue weighted by atomic mass is 10.2. The molecule has 90 valence electrons. The first kappa shape index (κ1) is 3.97. The van der Waals surface area contributed by atoms with Crippen LogP contribution in [0, 0.1) is 0 Å². The number of hydrogen-bond donors (Lipinski definition) is 0. The molecule has 0 unspecified atom stereocenters. The zero-order valence-corrected chi connectivity index (χ0v) is 9.52. The monoisotopic (exact) mass is 255 g/mol. The highest BCUT2D eigenvalue weighted by Crippen LogP contribution is 2.31. The SMILES string of the molecule is [2H]c1cc([2H])c2c3c([2H])c([2H])c([2H])c([2H])c3n(-c3c([2H])c([2H])c([2H])c([2H])c3[2H])c2c1[2H]. The molecular weight excluding hydrogens is 230 g/mol. The summed E-state index contributed by atoms with van der Waals surface area (Å²) >= 11 is 0. The van der Waals surface area contributed by atoms with Crippen molar-refractivity contribution in [2.75, 3.05) is 0 Å². The second kappa shape index (κ2) is 3.99. The number of nitrogens with zero attached hydrogens (tertiary/aromatic N) is 1. The van der Waals surface area contributed by atoms with Crippen LogP contribution in [0.1, 0.15) is 16.4 Å². The molecule has 0 fully saturated rings. The van der Waals surface area contributed by atoms with Crippen molar-refractivity contribution < 1.29 is 16.4 Å². The van der Waals surface area contributed by atoms with Crippen molar-refractivity contribution >= 4 is 21.8 Å². The molecule has 0 radical (unpaired) electrons. The van der Waals surface area contributed by atoms with Crippen LogP contribution in [0.3, 0.4) is 0 Å². The highest BCUT2D eigenvalue weighted by Gasteiger charge is 2.10. The molecule has 0 aliphatic heterocycles. The third-order valence-corrected chi connectivity index (χ3v) is 2.79. The van der Waals surface area contributed by atoms with E-state index in [4.69, 9.17) is 16.4 Å². The van der Waals surface area contributed by atoms with Crippen LogP contribution in [0.4, 0.5) is 0 Å². The van der Waals surface area contributed by atoms with E-state index in [1.165, 1.54) is 0 Å². The Morgan fingerprint density at radius 3 is 2.11 bits per heavy atom. The zero-order chi connectivity index (χ0) is 23.1. The predicted molar refractivity (Wildman–Crippen MR) is 80.8 cm³/mol. The van der Waals surface area contributed by atoms with Gasteiger partial charge in [-0.3, -0.25) is 0 Å². The zero-order valence-electron chi connectivity index (χ0n) is 21.5. The van der Waals surface area contributed by atoms with Crippen LogP contribution in [0.15, 0.2) is 78.6 Å². The van der Waals surface area contributed by atoms with E-state index in [9.17, 15) is 0 Å². The molecule has 0 spiro atoms. The first-order valence-electron chi connectivity index (χ1n) is 11.5. The van der Waals surface area contributed by atoms with Gasteiger partial charge in [-0.05, 0) is 24.2 Å². The first-order valence-corrected chi connectivity index (χ1v) is 5.50. The van der Waals surface area contributed by atoms with E-state index in [0.717, 1.165) is 10.6 Å². The summed E-state index contributed by atoms with van der Waals surface area (Å²) in [6.45, 7) is 0. The largest absolute Gasteiger partial charge is 0.309 e. The van der Waals surface area contributed by atoms with Crippen molar-refractivity contribution in [3.05, 3.63) is 78.6 Å². The van der Waals surface area contributed by atoms with Gasteiger partial charge >= 0.3 is 0 Å². The van der Waals surface area contributed by atoms with Gasteiger partial charge in [0.25, 0.3) is 0 Å². The summed E-state index contributed by atoms with van der Waals surface area (Å²) in [5.74, 6) is 0. The maximum atomic E-state index is 8.40. The van der Waals surface area contributed by atoms with Crippen LogP contribution < -0.4 is 0 Å². The topological polar surface area (TPSA) is 4.93 Å². The van der Waals surface area contributed by atoms with Gasteiger partial charge in [0.05, 0.1) is 27.5 Å². The van der Waals surface area contributed by atoms with E-state index >= 15 is 0 Å². The van der Waals surface area contributed by atoms with Crippen LogP contribution in [-0.2, 0) is 0 Å². The lowest BCUT2D eigenvalue weighted by Crippen LogP contribution is -1.92. The second-order valence-corrected chi connectivity index (χ2v) is 3.81. The maximum Gasteiger partial charge on any atom is 0.0645 e. The number of fused-ring (bicyclic) bond motifs is 3. The predicted octanol–water partition coefficient (Wildman–Crippen LogP) is 4.78. The minimum atomic E-state index is -0.661. The Kier molecular flexibility index (Phi) is 0.835. The van der Waals surface area contributed by atoms with Gasteiger partial charge < -0.3 is 4.57 Å². The molecule has 1 heterocycles. The summed E-state index contributed by atoms with van der Waals surface area (Å²) in [7, 11) is 0. The standard InChI is InChI=1S/C18H13N/c1-2-8-14(9-3-1)19-17-12-6-4-10-15(17)16-11-5-7-13-18(16)19/h1-13H/i1D,2D,3D,4D,6D,7D,8D,9D,10D,11D,12D,13D. The summed E-state index contributed by atoms with van der Waals surface area (Å²) in [5, 5.41) is -0.180. The fraction of sp³-hybridized carbons (Fsp3) is 0. The molecule has 0 saturated carbocycles. The number of para-hydroxylation sites is 3. The van der Waals surface area contributed by atoms with Gasteiger partial charge in [-0.25, -0.2) is 0 Å². The smallest absolute Gasteiger partial charge is 0.0645 e. The molecular formula is C18H13N. The molecule has 1 heteroatoms. The molecule has 3 aromatic carbocycles. The highest BCUT2D eigenvalue weighted by molar-refractivity contribution is 6.09. The minimum absolute atomic E-state index is 0.0604. The molecule has 4 aromatic rings. The summed E-state index contributed by atoms with van der Waals surface area (Å²) in [6, 6.07) is -5.49. The van der Waals surface area contributed by atoms with Gasteiger partial charge in [-0.1, -0.05) is 54.4 Å². The fourth-order valence-corrected chi connectivity index (χ4v) is 2.05. The number of benzene rings is 3. The molecule has 0 aliphatic carbocycles. The van der Waals surface area contributed by atoms with Gasteiger partial charge in [0.2, 0.25) is 0 Å². The van der Waals surface area contributed by atoms with E-state index in [-0.39, 0.29) is 33.9 Å². The third kappa shape index (κ3) is 1.48. The van der Waals surface area contributed by atoms with Crippen molar-refractivity contribution in [2.24, 2.45) is 0 Å². The normalized spacial score (nSPS) is 20.0. The van der Waals surface area contributed by atoms with Gasteiger partial charge in [-0.15, -0.1) is 0 Å². The van der Waals surface area contributed by atoms with E-state index in [2.05, 4.69) is 0 Å². The Morgan fingerprint density at radius 1 is 0.632 bits per heavy atom. The quantitative estimate of drug-likeness (QED) is 0.461. The molecule has 1 nitrogen and oxygen atoms in total. The van der Waals surface area contributed by atoms with E-state index < -0.39 is 66.1 Å². The van der Waals surface area contributed by atoms with E-state index in [1.54, 1.807) is 0 Å². The van der Waals surface area contributed by atoms with Crippen LogP contribution >= 0.6 is 0 Å². The van der Waals surface area contributed by atoms with Crippen LogP contribution in [0.25, 0.3) is 27.5 Å². The second-order valence-electron chi connectivity index (χ2n) is 3.81. The summed E-state index contributed by atoms with van der Waals surface area (Å²) < 4.78 is 98.9. The van der Waals surface area contributed by atoms with Crippen LogP contribution in [0.2, 0.25) is 0 Å². The molecule has 0 aliphatic rings. The average Bonchev–Trinajstić information content (AvgIpc) is 3.08. The molecule has 4 rings (SSSR count). The summed E-state index contributed by atoms with van der Waals surface area (Å²) in [5.41, 5.74) is -0.848. The number of hydrogen-bond acceptors (Lipinski definition) is 0. The minimum Gasteiger partial charge on any atom is -0.309 e. The molecule has 19 heavy (non-hydrogen) atoms. The Hall–Kier alpha value is -2.54. The highest BCUT2D eigenvalue weighted by atomic mass is 15.0. The van der Waals surface area contributed by atoms with Crippen molar-refractivity contribution in [3.8, 4) is 5.69 Å². The fourth-order valence-electron chi connectivity index (χ4n) is 2.05. The lowest BCUT2D eigenvalue weighted by Gasteiger charge is -2.06. The van der Waals surface area contributed by atoms with Gasteiger partial charge in [-0.2, -0.15) is 0 Å². The molecule has 0 atom stereocenters. The molecule has 0 N–H and O–H groups in total. The van der Waals surface area contributed by atoms with Crippen molar-refractivity contribution in [1.82, 2.24) is 4.57 Å². The molecule has 0 amide bonds. The number of aromatic nitrogens is 1. The molecule has 0 bridgehead atoms. The first-order chi connectivity index (χ1) is 14.4. The van der Waals surface area contributed by atoms with Crippen LogP contribution in [-0.4, -0.2) is 4.57 Å². The van der Waals surface area contributed by atoms with Gasteiger partial charge in [0, 0.05) is 16.5 Å². The van der Waals surface area contributed by atoms with Crippen molar-refractivity contribution in [3.63, 3.8) is 0 Å². The summed E-state index contributed by atoms with van der Waals surface area (Å²) in [4.78, 5) is 0. The third-order valence-electron chi connectivity index (χ3n) is 2.79. The van der Waals surface area contributed by atoms with Gasteiger partial charge in [0.15, 0.2) is 0 Å². The Balaban J connectivity index is 2.47. The van der Waals surface area contributed by atoms with Crippen molar-refractivity contribution in [1.29, 1.82) is 0 Å². The number of rotatable bonds is 1. The summed E-state index contributed by atoms with van der Waals surface area (Å²) in [6.07, 6.45) is 0. The lowest BCUT2D eigenvalue weighted by molar-refractivity contribution is 1.18. The molecule has 1 aromatic heterocycles. The average molecular weight is 255 g/mol. The molecule has 0 saturated heterocycles. The van der Waals surface area contributed by atoms with E-state index in [0.29, 0.717) is 0 Å². The maximum absolute atomic E-state index is 8.40. The van der Waals surface area contributed by atoms with Gasteiger partial charge in [0.1, 0.15) is 0 Å². The van der Waals surface area contributed by atoms with Crippen LogP contribution in [0.5, 0.6) is 0 Å². The van der Waals surface area contributed by atoms with Crippen molar-refractivity contribution in [2.45, 2.75) is 0 Å². The Bertz CT molecular complexity index is 1420. The Morgan fingerprint density at radius 2 is 1.26 bits per heavy atom. The Labute approximate surface area is 128 Å².